The summed E-state index contributed by atoms with van der Waals surface area (Å²) >= 11 is 12.3. The SMILES string of the molecule is CCC(=O)c1ccc(OC(C(=O)O)C2CCCC2)c(Cl)c1Cl. The smallest absolute Gasteiger partial charge is 0.345 e. The number of halogens is 2. The van der Waals surface area contributed by atoms with Gasteiger partial charge >= 0.3 is 5.97 Å². The number of carboxylic acids is 1. The summed E-state index contributed by atoms with van der Waals surface area (Å²) in [6.07, 6.45) is 3.05. The molecule has 0 amide bonds. The summed E-state index contributed by atoms with van der Waals surface area (Å²) in [5, 5.41) is 9.58. The van der Waals surface area contributed by atoms with Crippen LogP contribution < -0.4 is 4.74 Å². The molecule has 1 aromatic carbocycles. The van der Waals surface area contributed by atoms with Crippen molar-refractivity contribution >= 4 is 35.0 Å². The van der Waals surface area contributed by atoms with Crippen LogP contribution in [0.2, 0.25) is 10.0 Å². The number of carboxylic acid groups (broad SMARTS) is 1. The van der Waals surface area contributed by atoms with Gasteiger partial charge in [-0.2, -0.15) is 0 Å². The topological polar surface area (TPSA) is 63.6 Å². The van der Waals surface area contributed by atoms with E-state index < -0.39 is 12.1 Å². The van der Waals surface area contributed by atoms with Crippen molar-refractivity contribution in [3.05, 3.63) is 27.7 Å². The lowest BCUT2D eigenvalue weighted by Crippen LogP contribution is -2.34. The van der Waals surface area contributed by atoms with Gasteiger partial charge in [0, 0.05) is 17.9 Å². The van der Waals surface area contributed by atoms with Gasteiger partial charge in [-0.3, -0.25) is 4.79 Å². The molecule has 1 N–H and O–H groups in total. The summed E-state index contributed by atoms with van der Waals surface area (Å²) in [7, 11) is 0. The molecule has 0 aliphatic heterocycles. The molecular formula is C16H18Cl2O4. The van der Waals surface area contributed by atoms with Gasteiger partial charge in [0.15, 0.2) is 11.9 Å². The molecule has 1 fully saturated rings. The van der Waals surface area contributed by atoms with Gasteiger partial charge in [0.2, 0.25) is 0 Å². The van der Waals surface area contributed by atoms with E-state index in [2.05, 4.69) is 0 Å². The number of Topliss-reactive ketones (excluding diaryl/α,β-unsaturated/α-hetero) is 1. The van der Waals surface area contributed by atoms with Crippen LogP contribution in [0.25, 0.3) is 0 Å². The minimum absolute atomic E-state index is 0.0238. The maximum absolute atomic E-state index is 11.8. The van der Waals surface area contributed by atoms with Crippen LogP contribution in [0.3, 0.4) is 0 Å². The van der Waals surface area contributed by atoms with E-state index in [1.54, 1.807) is 6.92 Å². The zero-order chi connectivity index (χ0) is 16.3. The maximum atomic E-state index is 11.8. The molecule has 1 aliphatic carbocycles. The second kappa shape index (κ2) is 7.34. The number of benzene rings is 1. The standard InChI is InChI=1S/C16H18Cl2O4/c1-2-11(19)10-7-8-12(14(18)13(10)17)22-15(16(20)21)9-5-3-4-6-9/h7-9,15H,2-6H2,1H3,(H,20,21). The molecule has 6 heteroatoms. The number of aliphatic carboxylic acids is 1. The first-order valence-corrected chi connectivity index (χ1v) is 8.12. The summed E-state index contributed by atoms with van der Waals surface area (Å²) in [6, 6.07) is 3.05. The van der Waals surface area contributed by atoms with Gasteiger partial charge in [-0.05, 0) is 25.0 Å². The molecule has 0 saturated heterocycles. The molecule has 1 unspecified atom stereocenters. The Balaban J connectivity index is 2.26. The van der Waals surface area contributed by atoms with Crippen molar-refractivity contribution in [3.8, 4) is 5.75 Å². The van der Waals surface area contributed by atoms with E-state index in [1.807, 2.05) is 0 Å². The largest absolute Gasteiger partial charge is 0.478 e. The normalized spacial score (nSPS) is 16.5. The van der Waals surface area contributed by atoms with Crippen molar-refractivity contribution in [2.75, 3.05) is 0 Å². The van der Waals surface area contributed by atoms with E-state index in [0.717, 1.165) is 25.7 Å². The average molecular weight is 345 g/mol. The Morgan fingerprint density at radius 3 is 2.45 bits per heavy atom. The van der Waals surface area contributed by atoms with Crippen molar-refractivity contribution in [1.29, 1.82) is 0 Å². The van der Waals surface area contributed by atoms with E-state index in [-0.39, 0.29) is 27.5 Å². The van der Waals surface area contributed by atoms with Crippen LogP contribution in [0.15, 0.2) is 12.1 Å². The van der Waals surface area contributed by atoms with E-state index >= 15 is 0 Å². The highest BCUT2D eigenvalue weighted by molar-refractivity contribution is 6.44. The van der Waals surface area contributed by atoms with E-state index in [9.17, 15) is 14.7 Å². The molecule has 0 heterocycles. The Kier molecular flexibility index (Phi) is 5.70. The maximum Gasteiger partial charge on any atom is 0.345 e. The number of hydrogen-bond acceptors (Lipinski definition) is 3. The molecule has 0 aromatic heterocycles. The van der Waals surface area contributed by atoms with Crippen molar-refractivity contribution in [1.82, 2.24) is 0 Å². The third kappa shape index (κ3) is 3.55. The fraction of sp³-hybridized carbons (Fsp3) is 0.500. The molecule has 1 atom stereocenters. The van der Waals surface area contributed by atoms with E-state index in [0.29, 0.717) is 12.0 Å². The van der Waals surface area contributed by atoms with Crippen molar-refractivity contribution in [2.24, 2.45) is 5.92 Å². The Morgan fingerprint density at radius 2 is 1.91 bits per heavy atom. The summed E-state index contributed by atoms with van der Waals surface area (Å²) in [6.45, 7) is 1.73. The monoisotopic (exact) mass is 344 g/mol. The number of ketones is 1. The Hall–Kier alpha value is -1.26. The van der Waals surface area contributed by atoms with Crippen LogP contribution in [0.1, 0.15) is 49.4 Å². The minimum atomic E-state index is -1.01. The second-order valence-corrected chi connectivity index (χ2v) is 6.19. The first-order valence-electron chi connectivity index (χ1n) is 7.36. The van der Waals surface area contributed by atoms with Crippen molar-refractivity contribution < 1.29 is 19.4 Å². The van der Waals surface area contributed by atoms with Gasteiger partial charge < -0.3 is 9.84 Å². The van der Waals surface area contributed by atoms with Crippen LogP contribution in [0, 0.1) is 5.92 Å². The summed E-state index contributed by atoms with van der Waals surface area (Å²) < 4.78 is 5.61. The molecule has 1 aliphatic rings. The molecule has 120 valence electrons. The first kappa shape index (κ1) is 17.1. The van der Waals surface area contributed by atoms with Crippen LogP contribution in [0.5, 0.6) is 5.75 Å². The lowest BCUT2D eigenvalue weighted by atomic mass is 10.0. The zero-order valence-corrected chi connectivity index (χ0v) is 13.8. The molecule has 4 nitrogen and oxygen atoms in total. The lowest BCUT2D eigenvalue weighted by Gasteiger charge is -2.22. The highest BCUT2D eigenvalue weighted by Gasteiger charge is 2.33. The van der Waals surface area contributed by atoms with Gasteiger partial charge in [0.1, 0.15) is 10.8 Å². The highest BCUT2D eigenvalue weighted by Crippen LogP contribution is 2.38. The number of carbonyl (C=O) groups is 2. The summed E-state index contributed by atoms with van der Waals surface area (Å²) in [5.74, 6) is -0.945. The quantitative estimate of drug-likeness (QED) is 0.765. The number of hydrogen-bond donors (Lipinski definition) is 1. The number of carbonyl (C=O) groups excluding carboxylic acids is 1. The fourth-order valence-electron chi connectivity index (χ4n) is 2.77. The molecular weight excluding hydrogens is 327 g/mol. The predicted octanol–water partition coefficient (Wildman–Crippen LogP) is 4.61. The third-order valence-electron chi connectivity index (χ3n) is 3.99. The van der Waals surface area contributed by atoms with Crippen LogP contribution in [-0.2, 0) is 4.79 Å². The van der Waals surface area contributed by atoms with Gasteiger partial charge in [-0.1, -0.05) is 43.0 Å². The number of ether oxygens (including phenoxy) is 1. The van der Waals surface area contributed by atoms with Gasteiger partial charge in [-0.25, -0.2) is 4.79 Å². The van der Waals surface area contributed by atoms with Crippen LogP contribution in [0.4, 0.5) is 0 Å². The first-order chi connectivity index (χ1) is 10.5. The Labute approximate surface area is 139 Å². The van der Waals surface area contributed by atoms with E-state index in [1.165, 1.54) is 12.1 Å². The molecule has 1 saturated carbocycles. The number of rotatable bonds is 6. The van der Waals surface area contributed by atoms with Crippen LogP contribution in [-0.4, -0.2) is 23.0 Å². The predicted molar refractivity (Wildman–Crippen MR) is 85.1 cm³/mol. The zero-order valence-electron chi connectivity index (χ0n) is 12.3. The second-order valence-electron chi connectivity index (χ2n) is 5.44. The highest BCUT2D eigenvalue weighted by atomic mass is 35.5. The van der Waals surface area contributed by atoms with Crippen LogP contribution >= 0.6 is 23.2 Å². The Morgan fingerprint density at radius 1 is 1.27 bits per heavy atom. The fourth-order valence-corrected chi connectivity index (χ4v) is 3.24. The van der Waals surface area contributed by atoms with E-state index in [4.69, 9.17) is 27.9 Å². The minimum Gasteiger partial charge on any atom is -0.478 e. The summed E-state index contributed by atoms with van der Waals surface area (Å²) in [5.41, 5.74) is 0.328. The molecule has 1 aromatic rings. The van der Waals surface area contributed by atoms with Gasteiger partial charge in [0.25, 0.3) is 0 Å². The summed E-state index contributed by atoms with van der Waals surface area (Å²) in [4.78, 5) is 23.2. The third-order valence-corrected chi connectivity index (χ3v) is 4.86. The van der Waals surface area contributed by atoms with Crippen molar-refractivity contribution in [3.63, 3.8) is 0 Å². The Bertz CT molecular complexity index is 580. The molecule has 0 radical (unpaired) electrons. The lowest BCUT2D eigenvalue weighted by molar-refractivity contribution is -0.147. The molecule has 2 rings (SSSR count). The van der Waals surface area contributed by atoms with Gasteiger partial charge in [0.05, 0.1) is 5.02 Å². The average Bonchev–Trinajstić information content (AvgIpc) is 3.01. The molecule has 22 heavy (non-hydrogen) atoms. The van der Waals surface area contributed by atoms with Gasteiger partial charge in [-0.15, -0.1) is 0 Å². The van der Waals surface area contributed by atoms with Crippen molar-refractivity contribution in [2.45, 2.75) is 45.1 Å². The molecule has 0 spiro atoms. The molecule has 0 bridgehead atoms.